The van der Waals surface area contributed by atoms with Crippen LogP contribution in [0.1, 0.15) is 20.8 Å². The summed E-state index contributed by atoms with van der Waals surface area (Å²) in [5, 5.41) is 1.73. The van der Waals surface area contributed by atoms with Gasteiger partial charge in [-0.15, -0.1) is 0 Å². The smallest absolute Gasteiger partial charge is 0.269 e. The summed E-state index contributed by atoms with van der Waals surface area (Å²) in [6.45, 7) is 7.56. The number of aromatic nitrogens is 1. The fraction of sp³-hybridized carbons (Fsp3) is 0.545. The highest BCUT2D eigenvalue weighted by molar-refractivity contribution is 7.99. The zero-order valence-corrected chi connectivity index (χ0v) is 9.67. The number of fused-ring (bicyclic) bond motifs is 1. The Morgan fingerprint density at radius 2 is 2.21 bits per heavy atom. The molecule has 0 saturated carbocycles. The molecule has 0 radical (unpaired) electrons. The van der Waals surface area contributed by atoms with Crippen LogP contribution >= 0.6 is 11.8 Å². The molecular weight excluding hydrogens is 194 g/mol. The van der Waals surface area contributed by atoms with Gasteiger partial charge in [-0.2, -0.15) is 0 Å². The van der Waals surface area contributed by atoms with Crippen LogP contribution in [0.2, 0.25) is 0 Å². The molecule has 0 spiro atoms. The number of pyridine rings is 1. The summed E-state index contributed by atoms with van der Waals surface area (Å²) in [5.74, 6) is 0. The fourth-order valence-corrected chi connectivity index (χ4v) is 2.51. The normalized spacial score (nSPS) is 21.2. The minimum atomic E-state index is 0.290. The van der Waals surface area contributed by atoms with E-state index in [0.717, 1.165) is 6.61 Å². The Kier molecular flexibility index (Phi) is 2.43. The first kappa shape index (κ1) is 9.84. The lowest BCUT2D eigenvalue weighted by molar-refractivity contribution is -0.921. The summed E-state index contributed by atoms with van der Waals surface area (Å²) in [4.78, 5) is 5.66. The van der Waals surface area contributed by atoms with Crippen LogP contribution in [0.4, 0.5) is 0 Å². The Morgan fingerprint density at radius 1 is 1.43 bits per heavy atom. The predicted octanol–water partition coefficient (Wildman–Crippen LogP) is 1.92. The molecule has 1 aliphatic rings. The van der Waals surface area contributed by atoms with Crippen molar-refractivity contribution in [3.05, 3.63) is 24.4 Å². The lowest BCUT2D eigenvalue weighted by atomic mass is 9.92. The molecule has 0 bridgehead atoms. The fourth-order valence-electron chi connectivity index (χ4n) is 1.37. The summed E-state index contributed by atoms with van der Waals surface area (Å²) in [5.41, 5.74) is 0.290. The molecule has 2 heterocycles. The standard InChI is InChI=1S/C11H16NOS/c1-11(2,3)9-8-13-12-7-5-4-6-10(12)14-9/h4-7,9H,8H2,1-3H3/q+1. The van der Waals surface area contributed by atoms with Crippen molar-refractivity contribution in [3.63, 3.8) is 0 Å². The number of thioether (sulfide) groups is 1. The predicted molar refractivity (Wildman–Crippen MR) is 57.2 cm³/mol. The summed E-state index contributed by atoms with van der Waals surface area (Å²) in [6.07, 6.45) is 1.96. The van der Waals surface area contributed by atoms with E-state index in [1.165, 1.54) is 5.03 Å². The van der Waals surface area contributed by atoms with Crippen LogP contribution in [0.3, 0.4) is 0 Å². The second kappa shape index (κ2) is 3.46. The van der Waals surface area contributed by atoms with Gasteiger partial charge in [0.1, 0.15) is 0 Å². The molecule has 0 fully saturated rings. The van der Waals surface area contributed by atoms with Crippen LogP contribution in [-0.2, 0) is 0 Å². The maximum absolute atomic E-state index is 5.66. The molecular formula is C11H16NOS+. The van der Waals surface area contributed by atoms with Gasteiger partial charge in [0.2, 0.25) is 6.20 Å². The molecule has 0 saturated heterocycles. The van der Waals surface area contributed by atoms with E-state index in [1.807, 2.05) is 34.8 Å². The molecule has 3 heteroatoms. The molecule has 0 amide bonds. The zero-order chi connectivity index (χ0) is 10.2. The van der Waals surface area contributed by atoms with Crippen LogP contribution < -0.4 is 9.57 Å². The molecule has 0 aliphatic carbocycles. The van der Waals surface area contributed by atoms with Crippen LogP contribution in [0.5, 0.6) is 0 Å². The molecule has 1 aromatic rings. The van der Waals surface area contributed by atoms with Crippen LogP contribution in [0.25, 0.3) is 0 Å². The summed E-state index contributed by atoms with van der Waals surface area (Å²) >= 11 is 1.90. The average molecular weight is 210 g/mol. The lowest BCUT2D eigenvalue weighted by Crippen LogP contribution is -2.52. The van der Waals surface area contributed by atoms with Gasteiger partial charge < -0.3 is 0 Å². The molecule has 1 aromatic heterocycles. The first-order valence-corrected chi connectivity index (χ1v) is 5.76. The third-order valence-corrected chi connectivity index (χ3v) is 4.07. The van der Waals surface area contributed by atoms with E-state index in [4.69, 9.17) is 4.84 Å². The topological polar surface area (TPSA) is 13.1 Å². The molecule has 14 heavy (non-hydrogen) atoms. The maximum atomic E-state index is 5.66. The maximum Gasteiger partial charge on any atom is 0.291 e. The Balaban J connectivity index is 2.22. The van der Waals surface area contributed by atoms with Crippen molar-refractivity contribution >= 4 is 11.8 Å². The molecule has 2 nitrogen and oxygen atoms in total. The van der Waals surface area contributed by atoms with E-state index in [0.29, 0.717) is 10.7 Å². The van der Waals surface area contributed by atoms with E-state index < -0.39 is 0 Å². The van der Waals surface area contributed by atoms with Gasteiger partial charge in [0.05, 0.1) is 5.25 Å². The van der Waals surface area contributed by atoms with Gasteiger partial charge >= 0.3 is 0 Å². The number of hydrogen-bond acceptors (Lipinski definition) is 2. The number of rotatable bonds is 0. The number of nitrogens with zero attached hydrogens (tertiary/aromatic N) is 1. The van der Waals surface area contributed by atoms with Crippen LogP contribution in [0, 0.1) is 5.41 Å². The Morgan fingerprint density at radius 3 is 2.93 bits per heavy atom. The van der Waals surface area contributed by atoms with Crippen molar-refractivity contribution in [2.45, 2.75) is 31.0 Å². The summed E-state index contributed by atoms with van der Waals surface area (Å²) in [7, 11) is 0. The molecule has 76 valence electrons. The SMILES string of the molecule is CC(C)(C)C1CO[n+]2ccccc2S1. The Bertz CT molecular complexity index is 332. The summed E-state index contributed by atoms with van der Waals surface area (Å²) in [6, 6.07) is 6.14. The van der Waals surface area contributed by atoms with Crippen LogP contribution in [0.15, 0.2) is 29.4 Å². The second-order valence-corrected chi connectivity index (χ2v) is 5.86. The van der Waals surface area contributed by atoms with E-state index in [1.54, 1.807) is 0 Å². The molecule has 1 aliphatic heterocycles. The van der Waals surface area contributed by atoms with Crippen LogP contribution in [-0.4, -0.2) is 11.9 Å². The van der Waals surface area contributed by atoms with E-state index in [9.17, 15) is 0 Å². The third-order valence-electron chi connectivity index (χ3n) is 2.38. The highest BCUT2D eigenvalue weighted by Gasteiger charge is 2.34. The second-order valence-electron chi connectivity index (χ2n) is 4.63. The minimum absolute atomic E-state index is 0.290. The van der Waals surface area contributed by atoms with Crippen molar-refractivity contribution in [2.75, 3.05) is 6.61 Å². The van der Waals surface area contributed by atoms with Crippen molar-refractivity contribution in [3.8, 4) is 0 Å². The van der Waals surface area contributed by atoms with Crippen molar-refractivity contribution in [1.29, 1.82) is 0 Å². The quantitative estimate of drug-likeness (QED) is 0.607. The van der Waals surface area contributed by atoms with E-state index in [2.05, 4.69) is 26.8 Å². The van der Waals surface area contributed by atoms with Crippen molar-refractivity contribution in [1.82, 2.24) is 0 Å². The highest BCUT2D eigenvalue weighted by Crippen LogP contribution is 2.34. The van der Waals surface area contributed by atoms with Gasteiger partial charge in [-0.1, -0.05) is 20.8 Å². The van der Waals surface area contributed by atoms with Gasteiger partial charge in [-0.05, 0) is 23.2 Å². The van der Waals surface area contributed by atoms with Gasteiger partial charge in [-0.3, -0.25) is 4.84 Å². The minimum Gasteiger partial charge on any atom is -0.269 e. The molecule has 0 N–H and O–H groups in total. The summed E-state index contributed by atoms with van der Waals surface area (Å²) < 4.78 is 1.85. The monoisotopic (exact) mass is 210 g/mol. The Labute approximate surface area is 89.2 Å². The molecule has 1 atom stereocenters. The lowest BCUT2D eigenvalue weighted by Gasteiger charge is -2.29. The van der Waals surface area contributed by atoms with Gasteiger partial charge in [0, 0.05) is 16.9 Å². The van der Waals surface area contributed by atoms with Gasteiger partial charge in [0.25, 0.3) is 5.03 Å². The first-order valence-electron chi connectivity index (χ1n) is 4.88. The Hall–Kier alpha value is -0.700. The van der Waals surface area contributed by atoms with Crippen molar-refractivity contribution < 1.29 is 9.57 Å². The molecule has 0 aromatic carbocycles. The number of hydrogen-bond donors (Lipinski definition) is 0. The average Bonchev–Trinajstić information content (AvgIpc) is 2.16. The third kappa shape index (κ3) is 1.87. The van der Waals surface area contributed by atoms with Gasteiger partial charge in [-0.25, -0.2) is 0 Å². The van der Waals surface area contributed by atoms with E-state index >= 15 is 0 Å². The zero-order valence-electron chi connectivity index (χ0n) is 8.86. The largest absolute Gasteiger partial charge is 0.291 e. The van der Waals surface area contributed by atoms with E-state index in [-0.39, 0.29) is 0 Å². The molecule has 1 unspecified atom stereocenters. The van der Waals surface area contributed by atoms with Crippen molar-refractivity contribution in [2.24, 2.45) is 5.41 Å². The first-order chi connectivity index (χ1) is 6.57. The molecule has 2 rings (SSSR count). The van der Waals surface area contributed by atoms with Gasteiger partial charge in [0.15, 0.2) is 6.61 Å². The highest BCUT2D eigenvalue weighted by atomic mass is 32.2.